The van der Waals surface area contributed by atoms with Gasteiger partial charge >= 0.3 is 6.18 Å². The highest BCUT2D eigenvalue weighted by atomic mass is 32.2. The van der Waals surface area contributed by atoms with Crippen LogP contribution in [0.5, 0.6) is 11.8 Å². The van der Waals surface area contributed by atoms with Crippen LogP contribution in [0.1, 0.15) is 25.7 Å². The summed E-state index contributed by atoms with van der Waals surface area (Å²) in [4.78, 5) is 16.8. The molecule has 0 aliphatic heterocycles. The summed E-state index contributed by atoms with van der Waals surface area (Å²) in [6, 6.07) is 2.68. The Morgan fingerprint density at radius 2 is 1.74 bits per heavy atom. The molecule has 0 radical (unpaired) electrons. The van der Waals surface area contributed by atoms with Crippen LogP contribution >= 0.6 is 0 Å². The smallest absolute Gasteiger partial charge is 0.391 e. The number of aromatic nitrogens is 1. The fourth-order valence-electron chi connectivity index (χ4n) is 3.13. The van der Waals surface area contributed by atoms with Crippen molar-refractivity contribution in [1.29, 1.82) is 0 Å². The minimum Gasteiger partial charge on any atom is -0.481 e. The van der Waals surface area contributed by atoms with Crippen LogP contribution in [0.2, 0.25) is 0 Å². The van der Waals surface area contributed by atoms with Gasteiger partial charge in [0.15, 0.2) is 0 Å². The monoisotopic (exact) mass is 410 g/mol. The second-order valence-corrected chi connectivity index (χ2v) is 8.17. The van der Waals surface area contributed by atoms with E-state index in [-0.39, 0.29) is 43.1 Å². The van der Waals surface area contributed by atoms with Gasteiger partial charge in [-0.05, 0) is 31.7 Å². The van der Waals surface area contributed by atoms with E-state index in [2.05, 4.69) is 4.98 Å². The third-order valence-corrected chi connectivity index (χ3v) is 5.55. The number of methoxy groups -OCH3 is 2. The van der Waals surface area contributed by atoms with Crippen molar-refractivity contribution in [2.75, 3.05) is 24.8 Å². The van der Waals surface area contributed by atoms with Crippen molar-refractivity contribution in [3.8, 4) is 11.8 Å². The van der Waals surface area contributed by atoms with Crippen LogP contribution in [0.25, 0.3) is 0 Å². The summed E-state index contributed by atoms with van der Waals surface area (Å²) in [6.45, 7) is 0. The van der Waals surface area contributed by atoms with Gasteiger partial charge in [0.05, 0.1) is 26.4 Å². The third kappa shape index (κ3) is 4.82. The second kappa shape index (κ2) is 7.91. The molecule has 1 aromatic rings. The molecular formula is C16H21F3N2O5S. The predicted molar refractivity (Wildman–Crippen MR) is 91.2 cm³/mol. The first-order chi connectivity index (χ1) is 12.5. The number of alkyl halides is 3. The molecule has 0 aromatic carbocycles. The van der Waals surface area contributed by atoms with Gasteiger partial charge in [-0.1, -0.05) is 0 Å². The quantitative estimate of drug-likeness (QED) is 0.742. The molecule has 11 heteroatoms. The van der Waals surface area contributed by atoms with E-state index < -0.39 is 33.9 Å². The Labute approximate surface area is 155 Å². The molecule has 2 rings (SSSR count). The summed E-state index contributed by atoms with van der Waals surface area (Å²) in [5, 5.41) is 0. The molecule has 0 spiro atoms. The predicted octanol–water partition coefficient (Wildman–Crippen LogP) is 2.76. The van der Waals surface area contributed by atoms with Crippen molar-refractivity contribution >= 4 is 21.6 Å². The first kappa shape index (κ1) is 21.3. The average Bonchev–Trinajstić information content (AvgIpc) is 2.60. The number of anilines is 1. The molecule has 27 heavy (non-hydrogen) atoms. The van der Waals surface area contributed by atoms with Gasteiger partial charge in [-0.25, -0.2) is 12.7 Å². The van der Waals surface area contributed by atoms with Gasteiger partial charge in [0.2, 0.25) is 27.7 Å². The Morgan fingerprint density at radius 3 is 2.19 bits per heavy atom. The molecule has 0 saturated heterocycles. The minimum atomic E-state index is -4.31. The Hall–Kier alpha value is -2.04. The van der Waals surface area contributed by atoms with Gasteiger partial charge in [-0.2, -0.15) is 18.2 Å². The Morgan fingerprint density at radius 1 is 1.15 bits per heavy atom. The lowest BCUT2D eigenvalue weighted by atomic mass is 9.81. The largest absolute Gasteiger partial charge is 0.481 e. The molecule has 1 aliphatic carbocycles. The first-order valence-corrected chi connectivity index (χ1v) is 10.0. The number of hydrogen-bond acceptors (Lipinski definition) is 6. The zero-order chi connectivity index (χ0) is 20.4. The van der Waals surface area contributed by atoms with Gasteiger partial charge in [0.25, 0.3) is 0 Å². The molecule has 7 nitrogen and oxygen atoms in total. The van der Waals surface area contributed by atoms with E-state index in [9.17, 15) is 26.4 Å². The fourth-order valence-corrected chi connectivity index (χ4v) is 4.10. The Balaban J connectivity index is 2.32. The number of carbonyl (C=O) groups excluding carboxylic acids is 1. The number of halogens is 3. The number of hydrogen-bond donors (Lipinski definition) is 0. The van der Waals surface area contributed by atoms with E-state index in [0.717, 1.165) is 6.26 Å². The Bertz CT molecular complexity index is 790. The summed E-state index contributed by atoms with van der Waals surface area (Å²) >= 11 is 0. The highest BCUT2D eigenvalue weighted by Gasteiger charge is 2.44. The topological polar surface area (TPSA) is 85.8 Å². The number of nitrogens with zero attached hydrogens (tertiary/aromatic N) is 2. The maximum absolute atomic E-state index is 12.9. The van der Waals surface area contributed by atoms with E-state index in [0.29, 0.717) is 4.31 Å². The normalized spacial score (nSPS) is 20.8. The van der Waals surface area contributed by atoms with Crippen LogP contribution in [0, 0.1) is 11.8 Å². The minimum absolute atomic E-state index is 0.0407. The SMILES string of the molecule is COc1ccc(N(C(=O)C2CCC(C(F)(F)F)CC2)S(C)(=O)=O)c(OC)n1. The van der Waals surface area contributed by atoms with Crippen LogP contribution in [0.15, 0.2) is 12.1 Å². The molecular weight excluding hydrogens is 389 g/mol. The summed E-state index contributed by atoms with van der Waals surface area (Å²) in [5.74, 6) is -3.07. The highest BCUT2D eigenvalue weighted by molar-refractivity contribution is 7.92. The average molecular weight is 410 g/mol. The van der Waals surface area contributed by atoms with Crippen molar-refractivity contribution in [1.82, 2.24) is 4.98 Å². The van der Waals surface area contributed by atoms with Crippen molar-refractivity contribution in [2.24, 2.45) is 11.8 Å². The van der Waals surface area contributed by atoms with Crippen LogP contribution in [-0.4, -0.2) is 46.0 Å². The molecule has 1 heterocycles. The molecule has 1 fully saturated rings. The number of rotatable bonds is 5. The summed E-state index contributed by atoms with van der Waals surface area (Å²) in [5.41, 5.74) is -0.108. The van der Waals surface area contributed by atoms with Crippen LogP contribution in [0.3, 0.4) is 0 Å². The summed E-state index contributed by atoms with van der Waals surface area (Å²) in [7, 11) is -1.44. The maximum Gasteiger partial charge on any atom is 0.391 e. The van der Waals surface area contributed by atoms with Crippen molar-refractivity contribution in [2.45, 2.75) is 31.9 Å². The summed E-state index contributed by atoms with van der Waals surface area (Å²) < 4.78 is 73.6. The molecule has 0 N–H and O–H groups in total. The third-order valence-electron chi connectivity index (χ3n) is 4.51. The Kier molecular flexibility index (Phi) is 6.23. The van der Waals surface area contributed by atoms with E-state index in [1.807, 2.05) is 0 Å². The lowest BCUT2D eigenvalue weighted by molar-refractivity contribution is -0.184. The number of ether oxygens (including phenoxy) is 2. The van der Waals surface area contributed by atoms with E-state index in [1.54, 1.807) is 0 Å². The van der Waals surface area contributed by atoms with Gasteiger partial charge < -0.3 is 9.47 Å². The van der Waals surface area contributed by atoms with Gasteiger partial charge in [-0.3, -0.25) is 4.79 Å². The molecule has 1 amide bonds. The molecule has 1 saturated carbocycles. The lowest BCUT2D eigenvalue weighted by Crippen LogP contribution is -2.42. The van der Waals surface area contributed by atoms with E-state index in [4.69, 9.17) is 9.47 Å². The van der Waals surface area contributed by atoms with Gasteiger partial charge in [0, 0.05) is 12.0 Å². The molecule has 0 atom stereocenters. The number of sulfonamides is 1. The van der Waals surface area contributed by atoms with Crippen LogP contribution in [0.4, 0.5) is 18.9 Å². The summed E-state index contributed by atoms with van der Waals surface area (Å²) in [6.07, 6.45) is -3.98. The lowest BCUT2D eigenvalue weighted by Gasteiger charge is -2.32. The zero-order valence-corrected chi connectivity index (χ0v) is 15.9. The fraction of sp³-hybridized carbons (Fsp3) is 0.625. The van der Waals surface area contributed by atoms with E-state index in [1.165, 1.54) is 26.4 Å². The number of carbonyl (C=O) groups is 1. The molecule has 1 aliphatic rings. The van der Waals surface area contributed by atoms with Crippen molar-refractivity contribution < 1.29 is 35.9 Å². The van der Waals surface area contributed by atoms with Gasteiger partial charge in [0.1, 0.15) is 5.69 Å². The molecule has 0 unspecified atom stereocenters. The second-order valence-electron chi connectivity index (χ2n) is 6.34. The number of pyridine rings is 1. The van der Waals surface area contributed by atoms with Crippen molar-refractivity contribution in [3.05, 3.63) is 12.1 Å². The zero-order valence-electron chi connectivity index (χ0n) is 15.1. The van der Waals surface area contributed by atoms with Gasteiger partial charge in [-0.15, -0.1) is 0 Å². The molecule has 1 aromatic heterocycles. The van der Waals surface area contributed by atoms with Crippen LogP contribution in [-0.2, 0) is 14.8 Å². The van der Waals surface area contributed by atoms with E-state index >= 15 is 0 Å². The first-order valence-electron chi connectivity index (χ1n) is 8.19. The highest BCUT2D eigenvalue weighted by Crippen LogP contribution is 2.41. The van der Waals surface area contributed by atoms with Crippen LogP contribution < -0.4 is 13.8 Å². The molecule has 152 valence electrons. The number of amides is 1. The standard InChI is InChI=1S/C16H21F3N2O5S/c1-25-13-9-8-12(14(20-13)26-2)21(27(3,23)24)15(22)10-4-6-11(7-5-10)16(17,18)19/h8-11H,4-7H2,1-3H3. The molecule has 0 bridgehead atoms. The van der Waals surface area contributed by atoms with Crippen molar-refractivity contribution in [3.63, 3.8) is 0 Å². The maximum atomic E-state index is 12.9.